The summed E-state index contributed by atoms with van der Waals surface area (Å²) < 4.78 is 10.7. The van der Waals surface area contributed by atoms with Crippen LogP contribution < -0.4 is 10.6 Å². The summed E-state index contributed by atoms with van der Waals surface area (Å²) in [6.07, 6.45) is 1.77. The Morgan fingerprint density at radius 3 is 2.54 bits per heavy atom. The van der Waals surface area contributed by atoms with Crippen molar-refractivity contribution in [1.29, 1.82) is 0 Å². The molecule has 1 saturated heterocycles. The Balaban J connectivity index is 2.28. The molecule has 0 unspecified atom stereocenters. The number of unbranched alkanes of at least 4 members (excludes halogenated alkanes) is 1. The zero-order valence-electron chi connectivity index (χ0n) is 15.9. The van der Waals surface area contributed by atoms with Gasteiger partial charge >= 0.3 is 6.09 Å². The minimum Gasteiger partial charge on any atom is -0.444 e. The van der Waals surface area contributed by atoms with Crippen molar-refractivity contribution < 1.29 is 14.3 Å². The first-order valence-corrected chi connectivity index (χ1v) is 8.96. The lowest BCUT2D eigenvalue weighted by molar-refractivity contribution is 0.00701. The molecule has 1 amide bonds. The van der Waals surface area contributed by atoms with Gasteiger partial charge in [-0.05, 0) is 47.5 Å². The number of ether oxygens (including phenoxy) is 2. The summed E-state index contributed by atoms with van der Waals surface area (Å²) in [4.78, 5) is 18.2. The first kappa shape index (κ1) is 20.5. The molecule has 0 aromatic carbocycles. The number of rotatable bonds is 8. The molecule has 0 radical (unpaired) electrons. The third kappa shape index (κ3) is 8.38. The average Bonchev–Trinajstić information content (AvgIpc) is 2.43. The normalized spacial score (nSPS) is 15.9. The Bertz CT molecular complexity index is 401. The van der Waals surface area contributed by atoms with E-state index in [0.717, 1.165) is 45.1 Å². The van der Waals surface area contributed by atoms with Gasteiger partial charge in [-0.15, -0.1) is 0 Å². The molecule has 1 aliphatic rings. The van der Waals surface area contributed by atoms with E-state index in [2.05, 4.69) is 15.6 Å². The molecular weight excluding hydrogens is 308 g/mol. The summed E-state index contributed by atoms with van der Waals surface area (Å²) in [7, 11) is 0. The van der Waals surface area contributed by atoms with Crippen LogP contribution in [0, 0.1) is 0 Å². The standard InChI is InChI=1S/C17H34N4O3/c1-6-18-15(19-10-8-9-11-23-7-2)20-14-12-21(13-14)16(22)24-17(3,4)5/h14H,6-13H2,1-5H3,(H2,18,19,20). The van der Waals surface area contributed by atoms with Gasteiger partial charge < -0.3 is 25.0 Å². The SMILES string of the molecule is CCNC(=NCCCCOCC)NC1CN(C(=O)OC(C)(C)C)C1. The highest BCUT2D eigenvalue weighted by Crippen LogP contribution is 2.15. The summed E-state index contributed by atoms with van der Waals surface area (Å²) in [5, 5.41) is 6.60. The lowest BCUT2D eigenvalue weighted by Crippen LogP contribution is -2.63. The summed E-state index contributed by atoms with van der Waals surface area (Å²) >= 11 is 0. The summed E-state index contributed by atoms with van der Waals surface area (Å²) in [5.74, 6) is 0.808. The van der Waals surface area contributed by atoms with Crippen LogP contribution in [0.5, 0.6) is 0 Å². The van der Waals surface area contributed by atoms with Crippen LogP contribution in [0.3, 0.4) is 0 Å². The predicted octanol–water partition coefficient (Wildman–Crippen LogP) is 1.98. The number of carbonyl (C=O) groups excluding carboxylic acids is 1. The molecule has 1 rings (SSSR count). The van der Waals surface area contributed by atoms with Gasteiger partial charge in [0.25, 0.3) is 0 Å². The molecule has 1 heterocycles. The molecule has 24 heavy (non-hydrogen) atoms. The molecule has 140 valence electrons. The molecule has 1 aliphatic heterocycles. The van der Waals surface area contributed by atoms with Crippen molar-refractivity contribution >= 4 is 12.1 Å². The number of nitrogens with zero attached hydrogens (tertiary/aromatic N) is 2. The minimum absolute atomic E-state index is 0.221. The number of hydrogen-bond acceptors (Lipinski definition) is 4. The Hall–Kier alpha value is -1.50. The van der Waals surface area contributed by atoms with E-state index >= 15 is 0 Å². The maximum absolute atomic E-state index is 11.9. The second kappa shape index (κ2) is 10.4. The van der Waals surface area contributed by atoms with Gasteiger partial charge in [-0.25, -0.2) is 4.79 Å². The molecule has 0 aromatic heterocycles. The van der Waals surface area contributed by atoms with E-state index in [9.17, 15) is 4.79 Å². The summed E-state index contributed by atoms with van der Waals surface area (Å²) in [6.45, 7) is 14.1. The molecule has 0 bridgehead atoms. The van der Waals surface area contributed by atoms with Gasteiger partial charge in [0.1, 0.15) is 5.60 Å². The van der Waals surface area contributed by atoms with Crippen LogP contribution >= 0.6 is 0 Å². The maximum Gasteiger partial charge on any atom is 0.410 e. The minimum atomic E-state index is -0.451. The highest BCUT2D eigenvalue weighted by atomic mass is 16.6. The van der Waals surface area contributed by atoms with E-state index in [1.54, 1.807) is 4.90 Å². The van der Waals surface area contributed by atoms with Gasteiger partial charge in [-0.3, -0.25) is 4.99 Å². The van der Waals surface area contributed by atoms with E-state index in [1.807, 2.05) is 34.6 Å². The largest absolute Gasteiger partial charge is 0.444 e. The van der Waals surface area contributed by atoms with E-state index in [0.29, 0.717) is 13.1 Å². The van der Waals surface area contributed by atoms with Crippen LogP contribution in [0.25, 0.3) is 0 Å². The van der Waals surface area contributed by atoms with Crippen molar-refractivity contribution in [3.63, 3.8) is 0 Å². The fourth-order valence-corrected chi connectivity index (χ4v) is 2.21. The first-order valence-electron chi connectivity index (χ1n) is 8.96. The zero-order chi connectivity index (χ0) is 18.0. The Kier molecular flexibility index (Phi) is 8.89. The smallest absolute Gasteiger partial charge is 0.410 e. The highest BCUT2D eigenvalue weighted by molar-refractivity contribution is 5.80. The van der Waals surface area contributed by atoms with E-state index < -0.39 is 5.60 Å². The van der Waals surface area contributed by atoms with Gasteiger partial charge in [0.05, 0.1) is 6.04 Å². The lowest BCUT2D eigenvalue weighted by Gasteiger charge is -2.40. The third-order valence-corrected chi connectivity index (χ3v) is 3.39. The number of amides is 1. The van der Waals surface area contributed by atoms with Crippen molar-refractivity contribution in [3.8, 4) is 0 Å². The number of hydrogen-bond donors (Lipinski definition) is 2. The van der Waals surface area contributed by atoms with Crippen molar-refractivity contribution in [2.45, 2.75) is 59.1 Å². The van der Waals surface area contributed by atoms with Crippen molar-refractivity contribution in [3.05, 3.63) is 0 Å². The molecule has 0 saturated carbocycles. The molecular formula is C17H34N4O3. The van der Waals surface area contributed by atoms with Crippen LogP contribution in [-0.2, 0) is 9.47 Å². The number of guanidine groups is 1. The van der Waals surface area contributed by atoms with Crippen molar-refractivity contribution in [1.82, 2.24) is 15.5 Å². The van der Waals surface area contributed by atoms with Gasteiger partial charge in [0.15, 0.2) is 5.96 Å². The molecule has 1 fully saturated rings. The van der Waals surface area contributed by atoms with Crippen LogP contribution in [-0.4, -0.2) is 68.0 Å². The van der Waals surface area contributed by atoms with Gasteiger partial charge in [-0.1, -0.05) is 0 Å². The fraction of sp³-hybridized carbons (Fsp3) is 0.882. The Labute approximate surface area is 146 Å². The topological polar surface area (TPSA) is 75.2 Å². The van der Waals surface area contributed by atoms with E-state index in [-0.39, 0.29) is 12.1 Å². The summed E-state index contributed by atoms with van der Waals surface area (Å²) in [6, 6.07) is 0.221. The molecule has 2 N–H and O–H groups in total. The molecule has 7 nitrogen and oxygen atoms in total. The lowest BCUT2D eigenvalue weighted by atomic mass is 10.1. The number of nitrogens with one attached hydrogen (secondary N) is 2. The van der Waals surface area contributed by atoms with E-state index in [4.69, 9.17) is 9.47 Å². The molecule has 7 heteroatoms. The maximum atomic E-state index is 11.9. The molecule has 0 aromatic rings. The second-order valence-electron chi connectivity index (χ2n) is 6.89. The zero-order valence-corrected chi connectivity index (χ0v) is 15.9. The number of aliphatic imine (C=N–C) groups is 1. The van der Waals surface area contributed by atoms with Crippen molar-refractivity contribution in [2.24, 2.45) is 4.99 Å². The number of likely N-dealkylation sites (tertiary alicyclic amines) is 1. The second-order valence-corrected chi connectivity index (χ2v) is 6.89. The van der Waals surface area contributed by atoms with Gasteiger partial charge in [0, 0.05) is 39.4 Å². The Morgan fingerprint density at radius 1 is 1.25 bits per heavy atom. The quantitative estimate of drug-likeness (QED) is 0.401. The van der Waals surface area contributed by atoms with E-state index in [1.165, 1.54) is 0 Å². The monoisotopic (exact) mass is 342 g/mol. The average molecular weight is 342 g/mol. The number of carbonyl (C=O) groups is 1. The predicted molar refractivity (Wildman–Crippen MR) is 96.4 cm³/mol. The molecule has 0 atom stereocenters. The third-order valence-electron chi connectivity index (χ3n) is 3.39. The van der Waals surface area contributed by atoms with Gasteiger partial charge in [-0.2, -0.15) is 0 Å². The van der Waals surface area contributed by atoms with Crippen LogP contribution in [0.4, 0.5) is 4.79 Å². The Morgan fingerprint density at radius 2 is 1.96 bits per heavy atom. The highest BCUT2D eigenvalue weighted by Gasteiger charge is 2.34. The summed E-state index contributed by atoms with van der Waals surface area (Å²) in [5.41, 5.74) is -0.451. The fourth-order valence-electron chi connectivity index (χ4n) is 2.21. The first-order chi connectivity index (χ1) is 11.4. The molecule has 0 aliphatic carbocycles. The van der Waals surface area contributed by atoms with Gasteiger partial charge in [0.2, 0.25) is 0 Å². The van der Waals surface area contributed by atoms with Crippen LogP contribution in [0.1, 0.15) is 47.5 Å². The van der Waals surface area contributed by atoms with Crippen LogP contribution in [0.15, 0.2) is 4.99 Å². The molecule has 0 spiro atoms. The van der Waals surface area contributed by atoms with Crippen molar-refractivity contribution in [2.75, 3.05) is 39.4 Å². The van der Waals surface area contributed by atoms with Crippen LogP contribution in [0.2, 0.25) is 0 Å².